The van der Waals surface area contributed by atoms with Crippen molar-refractivity contribution in [3.63, 3.8) is 0 Å². The summed E-state index contributed by atoms with van der Waals surface area (Å²) in [4.78, 5) is 25.7. The van der Waals surface area contributed by atoms with Gasteiger partial charge >= 0.3 is 0 Å². The molecule has 2 aliphatic heterocycles. The number of amides is 1. The van der Waals surface area contributed by atoms with Gasteiger partial charge < -0.3 is 19.9 Å². The summed E-state index contributed by atoms with van der Waals surface area (Å²) in [6.45, 7) is 7.45. The van der Waals surface area contributed by atoms with Crippen molar-refractivity contribution in [1.29, 1.82) is 0 Å². The molecule has 6 rings (SSSR count). The first-order valence-corrected chi connectivity index (χ1v) is 12.6. The highest BCUT2D eigenvalue weighted by atomic mass is 16.5. The van der Waals surface area contributed by atoms with Gasteiger partial charge in [-0.25, -0.2) is 4.98 Å². The molecule has 3 fully saturated rings. The molecule has 1 amide bonds. The molecule has 0 radical (unpaired) electrons. The van der Waals surface area contributed by atoms with Crippen molar-refractivity contribution in [3.8, 4) is 11.1 Å². The van der Waals surface area contributed by atoms with E-state index < -0.39 is 0 Å². The van der Waals surface area contributed by atoms with Crippen LogP contribution in [0.4, 0.5) is 5.69 Å². The van der Waals surface area contributed by atoms with Crippen LogP contribution in [-0.2, 0) is 4.74 Å². The van der Waals surface area contributed by atoms with Crippen LogP contribution >= 0.6 is 0 Å². The third kappa shape index (κ3) is 4.18. The number of H-pyrrole nitrogens is 1. The Labute approximate surface area is 200 Å². The number of likely N-dealkylation sites (tertiary alicyclic amines) is 1. The quantitative estimate of drug-likeness (QED) is 0.602. The first-order chi connectivity index (χ1) is 16.7. The summed E-state index contributed by atoms with van der Waals surface area (Å²) < 4.78 is 5.49. The molecule has 178 valence electrons. The van der Waals surface area contributed by atoms with E-state index in [1.54, 1.807) is 0 Å². The highest BCUT2D eigenvalue weighted by Crippen LogP contribution is 2.38. The van der Waals surface area contributed by atoms with Crippen LogP contribution in [0, 0.1) is 6.92 Å². The number of anilines is 1. The molecule has 1 aliphatic carbocycles. The van der Waals surface area contributed by atoms with E-state index in [1.807, 2.05) is 29.4 Å². The normalized spacial score (nSPS) is 20.1. The van der Waals surface area contributed by atoms with Gasteiger partial charge in [-0.3, -0.25) is 9.69 Å². The molecule has 7 heteroatoms. The van der Waals surface area contributed by atoms with Gasteiger partial charge in [0.25, 0.3) is 5.91 Å². The number of aromatic amines is 1. The molecule has 34 heavy (non-hydrogen) atoms. The number of carbonyl (C=O) groups excluding carboxylic acids is 1. The predicted molar refractivity (Wildman–Crippen MR) is 134 cm³/mol. The molecule has 3 aliphatic rings. The lowest BCUT2D eigenvalue weighted by atomic mass is 9.99. The number of hydrogen-bond donors (Lipinski definition) is 2. The third-order valence-electron chi connectivity index (χ3n) is 7.58. The van der Waals surface area contributed by atoms with Crippen molar-refractivity contribution in [2.75, 3.05) is 44.7 Å². The topological polar surface area (TPSA) is 73.5 Å². The molecule has 0 atom stereocenters. The van der Waals surface area contributed by atoms with Gasteiger partial charge in [-0.05, 0) is 55.9 Å². The number of aryl methyl sites for hydroxylation is 1. The van der Waals surface area contributed by atoms with Crippen molar-refractivity contribution >= 4 is 22.6 Å². The Balaban J connectivity index is 1.18. The summed E-state index contributed by atoms with van der Waals surface area (Å²) in [6.07, 6.45) is 8.47. The first kappa shape index (κ1) is 21.6. The molecular weight excluding hydrogens is 426 g/mol. The molecule has 1 saturated carbocycles. The Morgan fingerprint density at radius 1 is 1.06 bits per heavy atom. The number of rotatable bonds is 5. The molecule has 0 unspecified atom stereocenters. The molecule has 2 N–H and O–H groups in total. The SMILES string of the molecule is Cc1c[nH]c2ncc(-c3ccc(C(=O)N4CCC(N5CCOCC5)CC4)cc3)c(NC3CC3)c12. The molecule has 0 spiro atoms. The minimum Gasteiger partial charge on any atom is -0.381 e. The minimum absolute atomic E-state index is 0.137. The van der Waals surface area contributed by atoms with Crippen molar-refractivity contribution in [3.05, 3.63) is 47.8 Å². The lowest BCUT2D eigenvalue weighted by Crippen LogP contribution is -2.50. The number of aromatic nitrogens is 2. The summed E-state index contributed by atoms with van der Waals surface area (Å²) in [5.74, 6) is 0.137. The Bertz CT molecular complexity index is 1170. The predicted octanol–water partition coefficient (Wildman–Crippen LogP) is 4.05. The molecule has 2 aromatic heterocycles. The van der Waals surface area contributed by atoms with Gasteiger partial charge in [0.05, 0.1) is 18.9 Å². The molecular formula is C27H33N5O2. The zero-order valence-electron chi connectivity index (χ0n) is 19.8. The Morgan fingerprint density at radius 3 is 2.50 bits per heavy atom. The molecule has 0 bridgehead atoms. The molecule has 1 aromatic carbocycles. The van der Waals surface area contributed by atoms with Crippen LogP contribution in [0.25, 0.3) is 22.2 Å². The average molecular weight is 460 g/mol. The van der Waals surface area contributed by atoms with E-state index in [-0.39, 0.29) is 5.91 Å². The highest BCUT2D eigenvalue weighted by Gasteiger charge is 2.28. The fourth-order valence-corrected chi connectivity index (χ4v) is 5.41. The Morgan fingerprint density at radius 2 is 1.79 bits per heavy atom. The second kappa shape index (κ2) is 9.04. The average Bonchev–Trinajstić information content (AvgIpc) is 3.64. The summed E-state index contributed by atoms with van der Waals surface area (Å²) in [7, 11) is 0. The van der Waals surface area contributed by atoms with E-state index in [9.17, 15) is 4.79 Å². The van der Waals surface area contributed by atoms with Crippen LogP contribution in [0.15, 0.2) is 36.7 Å². The molecule has 3 aromatic rings. The largest absolute Gasteiger partial charge is 0.381 e. The fraction of sp³-hybridized carbons (Fsp3) is 0.481. The maximum atomic E-state index is 13.2. The number of morpholine rings is 1. The van der Waals surface area contributed by atoms with Crippen LogP contribution in [0.1, 0.15) is 41.6 Å². The number of pyridine rings is 1. The van der Waals surface area contributed by atoms with Gasteiger partial charge in [-0.15, -0.1) is 0 Å². The van der Waals surface area contributed by atoms with Crippen LogP contribution in [0.2, 0.25) is 0 Å². The van der Waals surface area contributed by atoms with Crippen LogP contribution < -0.4 is 5.32 Å². The highest BCUT2D eigenvalue weighted by molar-refractivity contribution is 6.01. The zero-order chi connectivity index (χ0) is 23.1. The summed E-state index contributed by atoms with van der Waals surface area (Å²) in [6, 6.07) is 9.20. The van der Waals surface area contributed by atoms with Gasteiger partial charge in [-0.2, -0.15) is 0 Å². The Kier molecular flexibility index (Phi) is 5.75. The monoisotopic (exact) mass is 459 g/mol. The number of nitrogens with zero attached hydrogens (tertiary/aromatic N) is 3. The molecule has 7 nitrogen and oxygen atoms in total. The number of carbonyl (C=O) groups is 1. The van der Waals surface area contributed by atoms with Crippen molar-refractivity contribution in [1.82, 2.24) is 19.8 Å². The number of piperidine rings is 1. The van der Waals surface area contributed by atoms with Crippen LogP contribution in [0.3, 0.4) is 0 Å². The zero-order valence-corrected chi connectivity index (χ0v) is 19.8. The number of hydrogen-bond acceptors (Lipinski definition) is 5. The van der Waals surface area contributed by atoms with Crippen LogP contribution in [-0.4, -0.2) is 77.2 Å². The van der Waals surface area contributed by atoms with E-state index in [1.165, 1.54) is 18.4 Å². The smallest absolute Gasteiger partial charge is 0.253 e. The number of benzene rings is 1. The fourth-order valence-electron chi connectivity index (χ4n) is 5.41. The number of fused-ring (bicyclic) bond motifs is 1. The number of ether oxygens (including phenoxy) is 1. The van der Waals surface area contributed by atoms with Gasteiger partial charge in [0, 0.05) is 67.2 Å². The summed E-state index contributed by atoms with van der Waals surface area (Å²) >= 11 is 0. The summed E-state index contributed by atoms with van der Waals surface area (Å²) in [5, 5.41) is 4.89. The van der Waals surface area contributed by atoms with E-state index in [0.717, 1.165) is 85.6 Å². The maximum absolute atomic E-state index is 13.2. The first-order valence-electron chi connectivity index (χ1n) is 12.6. The van der Waals surface area contributed by atoms with Gasteiger partial charge in [-0.1, -0.05) is 12.1 Å². The van der Waals surface area contributed by atoms with E-state index in [0.29, 0.717) is 12.1 Å². The van der Waals surface area contributed by atoms with Crippen molar-refractivity contribution in [2.45, 2.75) is 44.7 Å². The van der Waals surface area contributed by atoms with Gasteiger partial charge in [0.2, 0.25) is 0 Å². The Hall–Kier alpha value is -2.90. The van der Waals surface area contributed by atoms with Crippen molar-refractivity contribution < 1.29 is 9.53 Å². The lowest BCUT2D eigenvalue weighted by molar-refractivity contribution is 0.00159. The van der Waals surface area contributed by atoms with E-state index in [2.05, 4.69) is 39.2 Å². The minimum atomic E-state index is 0.137. The van der Waals surface area contributed by atoms with Crippen molar-refractivity contribution in [2.24, 2.45) is 0 Å². The molecule has 2 saturated heterocycles. The number of nitrogens with one attached hydrogen (secondary N) is 2. The standard InChI is InChI=1S/C27H33N5O2/c1-18-16-28-26-24(18)25(30-21-6-7-21)23(17-29-26)19-2-4-20(5-3-19)27(33)32-10-8-22(9-11-32)31-12-14-34-15-13-31/h2-5,16-17,21-22H,6-15H2,1H3,(H2,28,29,30). The molecule has 4 heterocycles. The third-order valence-corrected chi connectivity index (χ3v) is 7.58. The second-order valence-electron chi connectivity index (χ2n) is 9.91. The van der Waals surface area contributed by atoms with E-state index in [4.69, 9.17) is 4.74 Å². The van der Waals surface area contributed by atoms with Gasteiger partial charge in [0.1, 0.15) is 5.65 Å². The summed E-state index contributed by atoms with van der Waals surface area (Å²) in [5.41, 5.74) is 6.19. The second-order valence-corrected chi connectivity index (χ2v) is 9.91. The maximum Gasteiger partial charge on any atom is 0.253 e. The van der Waals surface area contributed by atoms with E-state index >= 15 is 0 Å². The van der Waals surface area contributed by atoms with Crippen LogP contribution in [0.5, 0.6) is 0 Å². The lowest BCUT2D eigenvalue weighted by Gasteiger charge is -2.40. The van der Waals surface area contributed by atoms with Gasteiger partial charge in [0.15, 0.2) is 0 Å².